The van der Waals surface area contributed by atoms with Crippen LogP contribution in [0.3, 0.4) is 0 Å². The average Bonchev–Trinajstić information content (AvgIpc) is 3.33. The summed E-state index contributed by atoms with van der Waals surface area (Å²) in [7, 11) is -3.36. The Bertz CT molecular complexity index is 813. The molecule has 0 radical (unpaired) electrons. The maximum atomic E-state index is 12.8. The molecule has 4 rings (SSSR count). The molecule has 2 aliphatic heterocycles. The van der Waals surface area contributed by atoms with Gasteiger partial charge in [-0.3, -0.25) is 4.68 Å². The van der Waals surface area contributed by atoms with E-state index in [4.69, 9.17) is 0 Å². The van der Waals surface area contributed by atoms with Gasteiger partial charge in [-0.1, -0.05) is 6.07 Å². The third kappa shape index (κ3) is 2.80. The van der Waals surface area contributed by atoms with Crippen molar-refractivity contribution in [3.8, 4) is 0 Å². The minimum atomic E-state index is -3.36. The van der Waals surface area contributed by atoms with Crippen LogP contribution in [0, 0.1) is 0 Å². The third-order valence-electron chi connectivity index (χ3n) is 4.82. The smallest absolute Gasteiger partial charge is 0.243 e. The maximum absolute atomic E-state index is 12.8. The van der Waals surface area contributed by atoms with Gasteiger partial charge >= 0.3 is 0 Å². The summed E-state index contributed by atoms with van der Waals surface area (Å²) in [6, 6.07) is 5.57. The van der Waals surface area contributed by atoms with Crippen molar-refractivity contribution < 1.29 is 8.42 Å². The summed E-state index contributed by atoms with van der Waals surface area (Å²) < 4.78 is 28.9. The van der Waals surface area contributed by atoms with Crippen molar-refractivity contribution in [1.82, 2.24) is 19.1 Å². The van der Waals surface area contributed by atoms with E-state index in [1.807, 2.05) is 12.1 Å². The van der Waals surface area contributed by atoms with Crippen LogP contribution < -0.4 is 4.90 Å². The van der Waals surface area contributed by atoms with Crippen molar-refractivity contribution in [1.29, 1.82) is 0 Å². The van der Waals surface area contributed by atoms with Gasteiger partial charge in [-0.2, -0.15) is 9.40 Å². The van der Waals surface area contributed by atoms with Crippen molar-refractivity contribution >= 4 is 15.7 Å². The van der Waals surface area contributed by atoms with E-state index in [0.29, 0.717) is 18.0 Å². The quantitative estimate of drug-likeness (QED) is 0.811. The van der Waals surface area contributed by atoms with Gasteiger partial charge in [0.15, 0.2) is 0 Å². The summed E-state index contributed by atoms with van der Waals surface area (Å²) in [5, 5.41) is 4.12. The van der Waals surface area contributed by atoms with E-state index in [-0.39, 0.29) is 0 Å². The molecular weight excluding hydrogens is 326 g/mol. The van der Waals surface area contributed by atoms with E-state index in [1.54, 1.807) is 21.4 Å². The Morgan fingerprint density at radius 2 is 1.92 bits per heavy atom. The molecule has 1 aromatic carbocycles. The van der Waals surface area contributed by atoms with Gasteiger partial charge in [0.25, 0.3) is 0 Å². The first-order valence-electron chi connectivity index (χ1n) is 8.35. The zero-order chi connectivity index (χ0) is 16.6. The lowest BCUT2D eigenvalue weighted by Crippen LogP contribution is -2.28. The summed E-state index contributed by atoms with van der Waals surface area (Å²) in [5.74, 6) is 0. The second kappa shape index (κ2) is 6.18. The molecule has 7 nitrogen and oxygen atoms in total. The Kier molecular flexibility index (Phi) is 4.01. The molecule has 0 atom stereocenters. The van der Waals surface area contributed by atoms with Gasteiger partial charge in [0.05, 0.1) is 11.4 Å². The average molecular weight is 347 g/mol. The largest absolute Gasteiger partial charge is 0.369 e. The van der Waals surface area contributed by atoms with E-state index in [2.05, 4.69) is 15.0 Å². The van der Waals surface area contributed by atoms with E-state index in [0.717, 1.165) is 44.6 Å². The van der Waals surface area contributed by atoms with Crippen molar-refractivity contribution in [2.75, 3.05) is 31.1 Å². The van der Waals surface area contributed by atoms with Gasteiger partial charge in [-0.15, -0.1) is 0 Å². The highest BCUT2D eigenvalue weighted by Crippen LogP contribution is 2.32. The molecule has 1 fully saturated rings. The molecule has 0 amide bonds. The molecule has 24 heavy (non-hydrogen) atoms. The number of hydrogen-bond acceptors (Lipinski definition) is 5. The van der Waals surface area contributed by atoms with E-state index in [9.17, 15) is 8.42 Å². The number of sulfonamides is 1. The van der Waals surface area contributed by atoms with Crippen molar-refractivity contribution in [3.05, 3.63) is 36.4 Å². The molecule has 2 aliphatic rings. The number of fused-ring (bicyclic) bond motifs is 1. The van der Waals surface area contributed by atoms with Crippen LogP contribution in [0.4, 0.5) is 5.69 Å². The topological polar surface area (TPSA) is 71.3 Å². The number of hydrogen-bond donors (Lipinski definition) is 0. The van der Waals surface area contributed by atoms with Crippen LogP contribution in [0.1, 0.15) is 18.4 Å². The highest BCUT2D eigenvalue weighted by Gasteiger charge is 2.29. The van der Waals surface area contributed by atoms with Gasteiger partial charge in [0.1, 0.15) is 12.7 Å². The Morgan fingerprint density at radius 3 is 2.67 bits per heavy atom. The SMILES string of the molecule is O=S(=O)(c1ccc2c(c1)N(CCn1cncn1)CC2)N1CCCC1. The molecular formula is C16H21N5O2S. The van der Waals surface area contributed by atoms with Crippen LogP contribution in [0.15, 0.2) is 35.7 Å². The lowest BCUT2D eigenvalue weighted by atomic mass is 10.2. The molecule has 3 heterocycles. The first-order valence-corrected chi connectivity index (χ1v) is 9.79. The number of benzene rings is 1. The number of nitrogens with zero attached hydrogens (tertiary/aromatic N) is 5. The van der Waals surface area contributed by atoms with Gasteiger partial charge < -0.3 is 4.90 Å². The predicted molar refractivity (Wildman–Crippen MR) is 90.4 cm³/mol. The lowest BCUT2D eigenvalue weighted by molar-refractivity contribution is 0.477. The minimum Gasteiger partial charge on any atom is -0.369 e. The highest BCUT2D eigenvalue weighted by atomic mass is 32.2. The molecule has 2 aromatic rings. The number of rotatable bonds is 5. The van der Waals surface area contributed by atoms with Crippen LogP contribution in [-0.2, 0) is 23.0 Å². The molecule has 8 heteroatoms. The first kappa shape index (κ1) is 15.6. The van der Waals surface area contributed by atoms with Gasteiger partial charge in [-0.05, 0) is 37.0 Å². The van der Waals surface area contributed by atoms with E-state index in [1.165, 1.54) is 11.9 Å². The van der Waals surface area contributed by atoms with Gasteiger partial charge in [-0.25, -0.2) is 13.4 Å². The summed E-state index contributed by atoms with van der Waals surface area (Å²) in [5.41, 5.74) is 2.25. The molecule has 0 saturated carbocycles. The molecule has 0 unspecified atom stereocenters. The molecule has 0 aliphatic carbocycles. The third-order valence-corrected chi connectivity index (χ3v) is 6.71. The fourth-order valence-electron chi connectivity index (χ4n) is 3.47. The van der Waals surface area contributed by atoms with Crippen LogP contribution in [0.5, 0.6) is 0 Å². The summed E-state index contributed by atoms with van der Waals surface area (Å²) in [6.45, 7) is 3.72. The second-order valence-electron chi connectivity index (χ2n) is 6.30. The molecule has 0 N–H and O–H groups in total. The Balaban J connectivity index is 1.56. The Morgan fingerprint density at radius 1 is 1.08 bits per heavy atom. The zero-order valence-corrected chi connectivity index (χ0v) is 14.3. The first-order chi connectivity index (χ1) is 11.6. The monoisotopic (exact) mass is 347 g/mol. The summed E-state index contributed by atoms with van der Waals surface area (Å²) >= 11 is 0. The number of aromatic nitrogens is 3. The summed E-state index contributed by atoms with van der Waals surface area (Å²) in [4.78, 5) is 6.60. The van der Waals surface area contributed by atoms with Crippen LogP contribution in [0.2, 0.25) is 0 Å². The maximum Gasteiger partial charge on any atom is 0.243 e. The standard InChI is InChI=1S/C16H21N5O2S/c22-24(23,21-6-1-2-7-21)15-4-3-14-5-8-19(16(14)11-15)9-10-20-13-17-12-18-20/h3-4,11-13H,1-2,5-10H2. The summed E-state index contributed by atoms with van der Waals surface area (Å²) in [6.07, 6.45) is 6.09. The van der Waals surface area contributed by atoms with Gasteiger partial charge in [0, 0.05) is 31.9 Å². The van der Waals surface area contributed by atoms with Crippen LogP contribution in [-0.4, -0.2) is 53.7 Å². The predicted octanol–water partition coefficient (Wildman–Crippen LogP) is 1.13. The number of anilines is 1. The lowest BCUT2D eigenvalue weighted by Gasteiger charge is -2.21. The molecule has 0 spiro atoms. The zero-order valence-electron chi connectivity index (χ0n) is 13.5. The molecule has 0 bridgehead atoms. The van der Waals surface area contributed by atoms with E-state index < -0.39 is 10.0 Å². The van der Waals surface area contributed by atoms with Crippen molar-refractivity contribution in [3.63, 3.8) is 0 Å². The van der Waals surface area contributed by atoms with E-state index >= 15 is 0 Å². The van der Waals surface area contributed by atoms with Crippen LogP contribution in [0.25, 0.3) is 0 Å². The normalized spacial score (nSPS) is 18.2. The molecule has 128 valence electrons. The van der Waals surface area contributed by atoms with Crippen molar-refractivity contribution in [2.24, 2.45) is 0 Å². The second-order valence-corrected chi connectivity index (χ2v) is 8.24. The highest BCUT2D eigenvalue weighted by molar-refractivity contribution is 7.89. The Hall–Kier alpha value is -1.93. The minimum absolute atomic E-state index is 0.413. The molecule has 1 saturated heterocycles. The fourth-order valence-corrected chi connectivity index (χ4v) is 5.00. The van der Waals surface area contributed by atoms with Crippen molar-refractivity contribution in [2.45, 2.75) is 30.7 Å². The van der Waals surface area contributed by atoms with Crippen LogP contribution >= 0.6 is 0 Å². The fraction of sp³-hybridized carbons (Fsp3) is 0.500. The Labute approximate surface area is 142 Å². The molecule has 1 aromatic heterocycles. The van der Waals surface area contributed by atoms with Gasteiger partial charge in [0.2, 0.25) is 10.0 Å².